The van der Waals surface area contributed by atoms with Gasteiger partial charge in [0, 0.05) is 29.1 Å². The third-order valence-corrected chi connectivity index (χ3v) is 7.18. The van der Waals surface area contributed by atoms with Crippen LogP contribution in [0.2, 0.25) is 10.0 Å². The Bertz CT molecular complexity index is 1060. The van der Waals surface area contributed by atoms with E-state index in [0.29, 0.717) is 6.42 Å². The van der Waals surface area contributed by atoms with Crippen molar-refractivity contribution in [3.63, 3.8) is 0 Å². The van der Waals surface area contributed by atoms with Crippen LogP contribution in [0, 0.1) is 0 Å². The number of sulfonamides is 1. The van der Waals surface area contributed by atoms with E-state index in [4.69, 9.17) is 23.2 Å². The maximum atomic E-state index is 13.2. The highest BCUT2D eigenvalue weighted by Crippen LogP contribution is 2.30. The summed E-state index contributed by atoms with van der Waals surface area (Å²) in [5.41, 5.74) is 0.725. The Kier molecular flexibility index (Phi) is 7.10. The van der Waals surface area contributed by atoms with Crippen molar-refractivity contribution >= 4 is 45.2 Å². The summed E-state index contributed by atoms with van der Waals surface area (Å²) in [6.07, 6.45) is 0.444. The smallest absolute Gasteiger partial charge is 0.333 e. The normalized spacial score (nSPS) is 18.0. The van der Waals surface area contributed by atoms with Crippen molar-refractivity contribution in [2.75, 3.05) is 6.54 Å². The Labute approximate surface area is 190 Å². The third-order valence-electron chi connectivity index (χ3n) is 4.87. The Hall–Kier alpha value is -2.33. The van der Waals surface area contributed by atoms with Crippen LogP contribution < -0.4 is 5.32 Å². The van der Waals surface area contributed by atoms with Crippen LogP contribution in [0.5, 0.6) is 0 Å². The molecular weight excluding hydrogens is 465 g/mol. The molecule has 11 heteroatoms. The number of carboxylic acids is 1. The highest BCUT2D eigenvalue weighted by molar-refractivity contribution is 7.89. The molecule has 2 aromatic rings. The van der Waals surface area contributed by atoms with Gasteiger partial charge in [-0.05, 0) is 37.1 Å². The molecule has 31 heavy (non-hydrogen) atoms. The number of aliphatic carboxylic acids is 1. The first kappa shape index (κ1) is 23.3. The zero-order valence-corrected chi connectivity index (χ0v) is 18.9. The molecular formula is C20H21Cl2N3O5S. The topological polar surface area (TPSA) is 107 Å². The van der Waals surface area contributed by atoms with Gasteiger partial charge in [-0.25, -0.2) is 23.0 Å². The van der Waals surface area contributed by atoms with E-state index in [9.17, 15) is 23.1 Å². The average molecular weight is 486 g/mol. The Balaban J connectivity index is 1.84. The largest absolute Gasteiger partial charge is 0.480 e. The number of hydrogen-bond acceptors (Lipinski definition) is 4. The number of nitrogens with one attached hydrogen (secondary N) is 1. The van der Waals surface area contributed by atoms with Gasteiger partial charge in [0.15, 0.2) is 0 Å². The quantitative estimate of drug-likeness (QED) is 0.651. The average Bonchev–Trinajstić information content (AvgIpc) is 3.10. The minimum Gasteiger partial charge on any atom is -0.480 e. The standard InChI is InChI=1S/C20H21Cl2N3O5S/c1-13-7-8-24(25(13)31(29,30)17-11-15(21)10-16(22)12-17)20(28)23-18(19(26)27)9-14-5-3-2-4-6-14/h2-6,10-13,18H,7-9H2,1H3,(H,23,28)(H,26,27). The first-order chi connectivity index (χ1) is 14.6. The maximum absolute atomic E-state index is 13.2. The van der Waals surface area contributed by atoms with Crippen LogP contribution in [0.3, 0.4) is 0 Å². The van der Waals surface area contributed by atoms with Crippen LogP contribution in [0.1, 0.15) is 18.9 Å². The van der Waals surface area contributed by atoms with Crippen molar-refractivity contribution in [2.24, 2.45) is 0 Å². The number of nitrogens with zero attached hydrogens (tertiary/aromatic N) is 2. The molecule has 0 aliphatic carbocycles. The molecule has 1 aliphatic heterocycles. The fourth-order valence-electron chi connectivity index (χ4n) is 3.37. The maximum Gasteiger partial charge on any atom is 0.333 e. The van der Waals surface area contributed by atoms with Gasteiger partial charge in [0.2, 0.25) is 0 Å². The van der Waals surface area contributed by atoms with Crippen molar-refractivity contribution in [1.82, 2.24) is 14.7 Å². The Morgan fingerprint density at radius 1 is 1.16 bits per heavy atom. The molecule has 2 atom stereocenters. The van der Waals surface area contributed by atoms with Crippen LogP contribution in [0.15, 0.2) is 53.4 Å². The summed E-state index contributed by atoms with van der Waals surface area (Å²) in [7, 11) is -4.16. The molecule has 0 saturated carbocycles. The number of hydrazine groups is 1. The van der Waals surface area contributed by atoms with E-state index >= 15 is 0 Å². The second kappa shape index (κ2) is 9.44. The molecule has 0 aromatic heterocycles. The van der Waals surface area contributed by atoms with E-state index in [1.165, 1.54) is 18.2 Å². The zero-order chi connectivity index (χ0) is 22.8. The molecule has 1 saturated heterocycles. The third kappa shape index (κ3) is 5.30. The number of carbonyl (C=O) groups is 2. The van der Waals surface area contributed by atoms with Crippen LogP contribution >= 0.6 is 23.2 Å². The summed E-state index contributed by atoms with van der Waals surface area (Å²) in [5.74, 6) is -1.22. The van der Waals surface area contributed by atoms with Gasteiger partial charge in [-0.15, -0.1) is 4.41 Å². The van der Waals surface area contributed by atoms with Crippen molar-refractivity contribution in [2.45, 2.75) is 36.7 Å². The second-order valence-electron chi connectivity index (χ2n) is 7.17. The molecule has 166 valence electrons. The number of hydrogen-bond donors (Lipinski definition) is 2. The minimum atomic E-state index is -4.16. The number of amides is 2. The van der Waals surface area contributed by atoms with Gasteiger partial charge >= 0.3 is 12.0 Å². The summed E-state index contributed by atoms with van der Waals surface area (Å²) in [6, 6.07) is 10.2. The van der Waals surface area contributed by atoms with Crippen molar-refractivity contribution in [1.29, 1.82) is 0 Å². The van der Waals surface area contributed by atoms with E-state index in [-0.39, 0.29) is 27.9 Å². The summed E-state index contributed by atoms with van der Waals surface area (Å²) in [4.78, 5) is 24.5. The van der Waals surface area contributed by atoms with Gasteiger partial charge < -0.3 is 10.4 Å². The monoisotopic (exact) mass is 485 g/mol. The minimum absolute atomic E-state index is 0.0575. The summed E-state index contributed by atoms with van der Waals surface area (Å²) in [5, 5.41) is 13.3. The number of halogens is 2. The number of benzene rings is 2. The number of carboxylic acid groups (broad SMARTS) is 1. The van der Waals surface area contributed by atoms with E-state index in [0.717, 1.165) is 15.0 Å². The SMILES string of the molecule is CC1CCN(C(=O)NC(Cc2ccccc2)C(=O)O)N1S(=O)(=O)c1cc(Cl)cc(Cl)c1. The molecule has 8 nitrogen and oxygen atoms in total. The number of rotatable bonds is 6. The predicted molar refractivity (Wildman–Crippen MR) is 116 cm³/mol. The van der Waals surface area contributed by atoms with Crippen LogP contribution in [-0.2, 0) is 21.2 Å². The molecule has 1 heterocycles. The zero-order valence-electron chi connectivity index (χ0n) is 16.5. The molecule has 2 aromatic carbocycles. The highest BCUT2D eigenvalue weighted by Gasteiger charge is 2.42. The van der Waals surface area contributed by atoms with Crippen molar-refractivity contribution < 1.29 is 23.1 Å². The van der Waals surface area contributed by atoms with Gasteiger partial charge in [0.25, 0.3) is 10.0 Å². The first-order valence-corrected chi connectivity index (χ1v) is 11.6. The summed E-state index contributed by atoms with van der Waals surface area (Å²) in [6.45, 7) is 1.77. The van der Waals surface area contributed by atoms with E-state index in [1.807, 2.05) is 0 Å². The molecule has 2 unspecified atom stereocenters. The van der Waals surface area contributed by atoms with Gasteiger partial charge in [0.1, 0.15) is 6.04 Å². The van der Waals surface area contributed by atoms with Gasteiger partial charge in [-0.1, -0.05) is 53.5 Å². The highest BCUT2D eigenvalue weighted by atomic mass is 35.5. The van der Waals surface area contributed by atoms with Crippen LogP contribution in [0.25, 0.3) is 0 Å². The molecule has 1 aliphatic rings. The van der Waals surface area contributed by atoms with Gasteiger partial charge in [-0.3, -0.25) is 0 Å². The summed E-state index contributed by atoms with van der Waals surface area (Å²) < 4.78 is 27.4. The lowest BCUT2D eigenvalue weighted by Gasteiger charge is -2.31. The fraction of sp³-hybridized carbons (Fsp3) is 0.300. The van der Waals surface area contributed by atoms with Crippen LogP contribution in [0.4, 0.5) is 4.79 Å². The lowest BCUT2D eigenvalue weighted by atomic mass is 10.1. The Morgan fingerprint density at radius 2 is 1.77 bits per heavy atom. The van der Waals surface area contributed by atoms with Crippen molar-refractivity contribution in [3.8, 4) is 0 Å². The van der Waals surface area contributed by atoms with E-state index in [1.54, 1.807) is 37.3 Å². The number of urea groups is 1. The van der Waals surface area contributed by atoms with Gasteiger partial charge in [0.05, 0.1) is 4.90 Å². The van der Waals surface area contributed by atoms with E-state index in [2.05, 4.69) is 5.32 Å². The molecule has 3 rings (SSSR count). The predicted octanol–water partition coefficient (Wildman–Crippen LogP) is 3.40. The second-order valence-corrected chi connectivity index (χ2v) is 9.84. The molecule has 1 fully saturated rings. The van der Waals surface area contributed by atoms with Crippen LogP contribution in [-0.4, -0.2) is 53.6 Å². The van der Waals surface area contributed by atoms with Gasteiger partial charge in [-0.2, -0.15) is 0 Å². The fourth-order valence-corrected chi connectivity index (χ4v) is 5.79. The molecule has 0 bridgehead atoms. The van der Waals surface area contributed by atoms with E-state index < -0.39 is 34.1 Å². The first-order valence-electron chi connectivity index (χ1n) is 9.45. The molecule has 2 N–H and O–H groups in total. The molecule has 0 radical (unpaired) electrons. The molecule has 0 spiro atoms. The van der Waals surface area contributed by atoms with Crippen molar-refractivity contribution in [3.05, 3.63) is 64.1 Å². The lowest BCUT2D eigenvalue weighted by Crippen LogP contribution is -2.54. The molecule has 2 amide bonds. The lowest BCUT2D eigenvalue weighted by molar-refractivity contribution is -0.139. The Morgan fingerprint density at radius 3 is 2.35 bits per heavy atom. The number of carbonyl (C=O) groups excluding carboxylic acids is 1. The summed E-state index contributed by atoms with van der Waals surface area (Å²) >= 11 is 11.9.